The summed E-state index contributed by atoms with van der Waals surface area (Å²) < 4.78 is 5.46. The normalized spacial score (nSPS) is 37.5. The number of nitrogens with one attached hydrogen (secondary N) is 4. The van der Waals surface area contributed by atoms with Crippen LogP contribution in [0.4, 0.5) is 4.79 Å². The van der Waals surface area contributed by atoms with E-state index in [0.29, 0.717) is 31.3 Å². The molecule has 0 bridgehead atoms. The maximum atomic E-state index is 14.1. The van der Waals surface area contributed by atoms with Gasteiger partial charge in [-0.15, -0.1) is 0 Å². The van der Waals surface area contributed by atoms with Crippen molar-refractivity contribution in [3.8, 4) is 0 Å². The summed E-state index contributed by atoms with van der Waals surface area (Å²) in [6.45, 7) is 5.56. The molecular formula is C29H46N6O6. The molecule has 2 unspecified atom stereocenters. The standard InChI is InChI=1S/C29H46N6O6/c1-28(2,3)41-27(40)30-22-14-8-6-4-5-7-11-18-16-29(18,26(38)39)31-24(36)23-15-19(17-34(23)25(22)37)35-32-20-12-9-10-13-21(20)33-35/h7,11,18-23,32-33H,4-6,8-10,12-17H2,1-3H3,(H,30,40)(H,31,36)(H,38,39)/b11-7-/t18-,19+,20?,21?,22+,23+,29-/m1/s1. The maximum Gasteiger partial charge on any atom is 0.408 e. The largest absolute Gasteiger partial charge is 0.479 e. The topological polar surface area (TPSA) is 152 Å². The minimum Gasteiger partial charge on any atom is -0.479 e. The number of alkyl carbamates (subject to hydrolysis) is 1. The fourth-order valence-electron chi connectivity index (χ4n) is 6.76. The van der Waals surface area contributed by atoms with Crippen molar-refractivity contribution in [3.05, 3.63) is 12.2 Å². The summed E-state index contributed by atoms with van der Waals surface area (Å²) in [6.07, 6.45) is 12.0. The Morgan fingerprint density at radius 2 is 1.73 bits per heavy atom. The van der Waals surface area contributed by atoms with Crippen LogP contribution >= 0.6 is 0 Å². The van der Waals surface area contributed by atoms with Crippen LogP contribution in [-0.4, -0.2) is 86.9 Å². The summed E-state index contributed by atoms with van der Waals surface area (Å²) in [4.78, 5) is 54.5. The average Bonchev–Trinajstić information content (AvgIpc) is 3.23. The zero-order chi connectivity index (χ0) is 29.4. The molecule has 12 heteroatoms. The first-order chi connectivity index (χ1) is 19.5. The first kappa shape index (κ1) is 29.8. The molecule has 2 aliphatic carbocycles. The van der Waals surface area contributed by atoms with Crippen molar-refractivity contribution < 1.29 is 29.0 Å². The van der Waals surface area contributed by atoms with Crippen LogP contribution in [0.25, 0.3) is 0 Å². The van der Waals surface area contributed by atoms with Gasteiger partial charge in [-0.2, -0.15) is 5.12 Å². The van der Waals surface area contributed by atoms with E-state index in [1.165, 1.54) is 4.90 Å². The number of rotatable bonds is 3. The number of fused-ring (bicyclic) bond motifs is 3. The molecule has 228 valence electrons. The van der Waals surface area contributed by atoms with E-state index < -0.39 is 41.2 Å². The number of allylic oxidation sites excluding steroid dienone is 1. The Balaban J connectivity index is 1.40. The SMILES string of the molecule is CC(C)(C)OC(=O)N[C@H]1CCCCC/C=C\[C@@H]2C[C@@]2(C(=O)O)NC(=O)[C@@H]2C[C@H](N3NC4CCCCC4N3)CN2C1=O. The number of carboxylic acid groups (broad SMARTS) is 1. The van der Waals surface area contributed by atoms with Gasteiger partial charge in [-0.1, -0.05) is 37.8 Å². The third-order valence-electron chi connectivity index (χ3n) is 9.07. The summed E-state index contributed by atoms with van der Waals surface area (Å²) in [6, 6.07) is -1.31. The van der Waals surface area contributed by atoms with Crippen molar-refractivity contribution in [3.63, 3.8) is 0 Å². The van der Waals surface area contributed by atoms with Crippen LogP contribution in [0.3, 0.4) is 0 Å². The molecule has 5 aliphatic rings. The molecule has 4 fully saturated rings. The van der Waals surface area contributed by atoms with Crippen molar-refractivity contribution in [1.82, 2.24) is 31.5 Å². The molecule has 7 atom stereocenters. The number of hydrazine groups is 2. The van der Waals surface area contributed by atoms with Crippen LogP contribution in [0.2, 0.25) is 0 Å². The lowest BCUT2D eigenvalue weighted by Gasteiger charge is -2.30. The summed E-state index contributed by atoms with van der Waals surface area (Å²) in [5.74, 6) is -2.16. The second-order valence-electron chi connectivity index (χ2n) is 13.4. The van der Waals surface area contributed by atoms with Crippen LogP contribution in [0.1, 0.15) is 91.4 Å². The van der Waals surface area contributed by atoms with E-state index in [1.807, 2.05) is 17.3 Å². The Hall–Kier alpha value is -2.70. The fraction of sp³-hybridized carbons (Fsp3) is 0.793. The van der Waals surface area contributed by atoms with E-state index in [9.17, 15) is 24.3 Å². The molecule has 5 N–H and O–H groups in total. The van der Waals surface area contributed by atoms with E-state index in [-0.39, 0.29) is 24.4 Å². The van der Waals surface area contributed by atoms with Gasteiger partial charge in [0.2, 0.25) is 11.8 Å². The second-order valence-corrected chi connectivity index (χ2v) is 13.4. The van der Waals surface area contributed by atoms with E-state index in [4.69, 9.17) is 4.74 Å². The quantitative estimate of drug-likeness (QED) is 0.319. The first-order valence-electron chi connectivity index (χ1n) is 15.3. The van der Waals surface area contributed by atoms with Crippen LogP contribution in [-0.2, 0) is 19.1 Å². The van der Waals surface area contributed by atoms with E-state index in [2.05, 4.69) is 21.5 Å². The second kappa shape index (κ2) is 11.9. The monoisotopic (exact) mass is 574 g/mol. The zero-order valence-electron chi connectivity index (χ0n) is 24.5. The summed E-state index contributed by atoms with van der Waals surface area (Å²) in [7, 11) is 0. The smallest absolute Gasteiger partial charge is 0.408 e. The van der Waals surface area contributed by atoms with Gasteiger partial charge < -0.3 is 25.4 Å². The number of amides is 3. The van der Waals surface area contributed by atoms with E-state index in [0.717, 1.165) is 51.4 Å². The number of ether oxygens (including phenoxy) is 1. The van der Waals surface area contributed by atoms with E-state index >= 15 is 0 Å². The van der Waals surface area contributed by atoms with Crippen LogP contribution in [0.5, 0.6) is 0 Å². The Labute approximate surface area is 241 Å². The van der Waals surface area contributed by atoms with Crippen LogP contribution < -0.4 is 21.5 Å². The van der Waals surface area contributed by atoms with Gasteiger partial charge in [0.15, 0.2) is 0 Å². The average molecular weight is 575 g/mol. The van der Waals surface area contributed by atoms with Crippen LogP contribution in [0.15, 0.2) is 12.2 Å². The molecule has 2 saturated carbocycles. The highest BCUT2D eigenvalue weighted by atomic mass is 16.6. The Bertz CT molecular complexity index is 1050. The third kappa shape index (κ3) is 6.70. The summed E-state index contributed by atoms with van der Waals surface area (Å²) in [5, 5.41) is 17.6. The molecule has 0 radical (unpaired) electrons. The molecule has 0 aromatic carbocycles. The van der Waals surface area contributed by atoms with Crippen molar-refractivity contribution in [1.29, 1.82) is 0 Å². The molecule has 3 amide bonds. The van der Waals surface area contributed by atoms with Gasteiger partial charge in [0.25, 0.3) is 0 Å². The Morgan fingerprint density at radius 3 is 2.39 bits per heavy atom. The zero-order valence-corrected chi connectivity index (χ0v) is 24.5. The highest BCUT2D eigenvalue weighted by Crippen LogP contribution is 2.45. The van der Waals surface area contributed by atoms with Gasteiger partial charge in [-0.05, 0) is 65.7 Å². The molecule has 3 aliphatic heterocycles. The van der Waals surface area contributed by atoms with Gasteiger partial charge in [0, 0.05) is 24.5 Å². The number of carboxylic acids is 1. The predicted molar refractivity (Wildman–Crippen MR) is 150 cm³/mol. The predicted octanol–water partition coefficient (Wildman–Crippen LogP) is 1.97. The molecule has 0 spiro atoms. The van der Waals surface area contributed by atoms with Crippen molar-refractivity contribution in [2.45, 2.75) is 133 Å². The molecular weight excluding hydrogens is 528 g/mol. The first-order valence-corrected chi connectivity index (χ1v) is 15.3. The number of hydrogen-bond donors (Lipinski definition) is 5. The molecule has 41 heavy (non-hydrogen) atoms. The number of hydrogen-bond acceptors (Lipinski definition) is 8. The molecule has 0 aromatic heterocycles. The molecule has 2 saturated heterocycles. The Morgan fingerprint density at radius 1 is 1.05 bits per heavy atom. The minimum atomic E-state index is -1.35. The highest BCUT2D eigenvalue weighted by molar-refractivity contribution is 5.96. The third-order valence-corrected chi connectivity index (χ3v) is 9.07. The number of carbonyl (C=O) groups excluding carboxylic acids is 3. The molecule has 5 rings (SSSR count). The number of carbonyl (C=O) groups is 4. The molecule has 0 aromatic rings. The number of aliphatic carboxylic acids is 1. The molecule has 12 nitrogen and oxygen atoms in total. The summed E-state index contributed by atoms with van der Waals surface area (Å²) >= 11 is 0. The minimum absolute atomic E-state index is 0.197. The van der Waals surface area contributed by atoms with Crippen molar-refractivity contribution in [2.24, 2.45) is 5.92 Å². The van der Waals surface area contributed by atoms with E-state index in [1.54, 1.807) is 20.8 Å². The van der Waals surface area contributed by atoms with Gasteiger partial charge >= 0.3 is 12.1 Å². The lowest BCUT2D eigenvalue weighted by Crippen LogP contribution is -2.56. The lowest BCUT2D eigenvalue weighted by atomic mass is 9.92. The van der Waals surface area contributed by atoms with Gasteiger partial charge in [-0.3, -0.25) is 9.59 Å². The molecule has 3 heterocycles. The maximum absolute atomic E-state index is 14.1. The number of nitrogens with zero attached hydrogens (tertiary/aromatic N) is 2. The lowest BCUT2D eigenvalue weighted by molar-refractivity contribution is -0.145. The fourth-order valence-corrected chi connectivity index (χ4v) is 6.76. The van der Waals surface area contributed by atoms with Gasteiger partial charge in [-0.25, -0.2) is 20.4 Å². The Kier molecular flexibility index (Phi) is 8.63. The van der Waals surface area contributed by atoms with Gasteiger partial charge in [0.1, 0.15) is 23.2 Å². The highest BCUT2D eigenvalue weighted by Gasteiger charge is 2.61. The van der Waals surface area contributed by atoms with Crippen molar-refractivity contribution >= 4 is 23.9 Å². The van der Waals surface area contributed by atoms with Crippen molar-refractivity contribution in [2.75, 3.05) is 6.54 Å². The van der Waals surface area contributed by atoms with Crippen LogP contribution in [0, 0.1) is 5.92 Å². The van der Waals surface area contributed by atoms with Gasteiger partial charge in [0.05, 0.1) is 6.04 Å². The summed E-state index contributed by atoms with van der Waals surface area (Å²) in [5.41, 5.74) is 5.01.